The molecular formula is C14H11N5O5. The third-order valence-electron chi connectivity index (χ3n) is 2.93. The van der Waals surface area contributed by atoms with Crippen molar-refractivity contribution in [3.63, 3.8) is 0 Å². The molecule has 0 aliphatic rings. The summed E-state index contributed by atoms with van der Waals surface area (Å²) in [4.78, 5) is 32.0. The number of nitrogens with one attached hydrogen (secondary N) is 1. The first-order chi connectivity index (χ1) is 11.4. The molecule has 0 aliphatic carbocycles. The predicted molar refractivity (Wildman–Crippen MR) is 84.4 cm³/mol. The summed E-state index contributed by atoms with van der Waals surface area (Å²) in [5.74, 6) is -0.843. The van der Waals surface area contributed by atoms with Gasteiger partial charge in [0.2, 0.25) is 0 Å². The largest absolute Gasteiger partial charge is 0.382 e. The summed E-state index contributed by atoms with van der Waals surface area (Å²) in [5, 5.41) is 25.3. The van der Waals surface area contributed by atoms with Crippen LogP contribution < -0.4 is 11.2 Å². The number of hydrazone groups is 1. The summed E-state index contributed by atoms with van der Waals surface area (Å²) in [6, 6.07) is 11.2. The Hall–Kier alpha value is -3.82. The molecule has 0 radical (unpaired) electrons. The highest BCUT2D eigenvalue weighted by Gasteiger charge is 2.19. The molecule has 0 atom stereocenters. The standard InChI is InChI=1S/C14H11N5O5/c15-13(9-4-2-1-3-5-9)16-17-14(20)10-6-11(18(21)22)8-12(7-10)19(23)24/h1-8H,(H2,15,16)(H,17,20). The average Bonchev–Trinajstić information content (AvgIpc) is 2.59. The monoisotopic (exact) mass is 329 g/mol. The van der Waals surface area contributed by atoms with E-state index in [1.807, 2.05) is 0 Å². The Kier molecular flexibility index (Phi) is 4.80. The van der Waals surface area contributed by atoms with Crippen LogP contribution in [-0.2, 0) is 0 Å². The minimum atomic E-state index is -0.860. The summed E-state index contributed by atoms with van der Waals surface area (Å²) < 4.78 is 0. The number of nitrogens with zero attached hydrogens (tertiary/aromatic N) is 3. The average molecular weight is 329 g/mol. The van der Waals surface area contributed by atoms with Crippen molar-refractivity contribution in [2.45, 2.75) is 0 Å². The first kappa shape index (κ1) is 16.5. The highest BCUT2D eigenvalue weighted by Crippen LogP contribution is 2.22. The van der Waals surface area contributed by atoms with Crippen molar-refractivity contribution >= 4 is 23.1 Å². The first-order valence-electron chi connectivity index (χ1n) is 6.51. The fourth-order valence-electron chi connectivity index (χ4n) is 1.79. The summed E-state index contributed by atoms with van der Waals surface area (Å²) >= 11 is 0. The lowest BCUT2D eigenvalue weighted by Gasteiger charge is -2.03. The zero-order valence-corrected chi connectivity index (χ0v) is 12.1. The number of carbonyl (C=O) groups excluding carboxylic acids is 1. The predicted octanol–water partition coefficient (Wildman–Crippen LogP) is 1.55. The van der Waals surface area contributed by atoms with E-state index in [0.717, 1.165) is 18.2 Å². The molecule has 0 aromatic heterocycles. The topological polar surface area (TPSA) is 154 Å². The molecule has 0 spiro atoms. The highest BCUT2D eigenvalue weighted by molar-refractivity contribution is 6.00. The molecule has 24 heavy (non-hydrogen) atoms. The fraction of sp³-hybridized carbons (Fsp3) is 0. The number of nitrogens with two attached hydrogens (primary N) is 1. The Balaban J connectivity index is 2.26. The highest BCUT2D eigenvalue weighted by atomic mass is 16.6. The van der Waals surface area contributed by atoms with E-state index in [9.17, 15) is 25.0 Å². The number of nitro groups is 2. The van der Waals surface area contributed by atoms with Gasteiger partial charge in [-0.25, -0.2) is 5.43 Å². The summed E-state index contributed by atoms with van der Waals surface area (Å²) in [6.07, 6.45) is 0. The number of benzene rings is 2. The van der Waals surface area contributed by atoms with Crippen molar-refractivity contribution in [2.75, 3.05) is 0 Å². The van der Waals surface area contributed by atoms with Gasteiger partial charge in [-0.1, -0.05) is 30.3 Å². The number of amides is 1. The van der Waals surface area contributed by atoms with Crippen LogP contribution in [0.5, 0.6) is 0 Å². The van der Waals surface area contributed by atoms with Gasteiger partial charge in [-0.3, -0.25) is 25.0 Å². The molecule has 2 rings (SSSR count). The molecule has 0 saturated heterocycles. The molecular weight excluding hydrogens is 318 g/mol. The molecule has 0 aliphatic heterocycles. The van der Waals surface area contributed by atoms with Crippen molar-refractivity contribution in [3.8, 4) is 0 Å². The minimum absolute atomic E-state index is 0.0175. The molecule has 1 amide bonds. The van der Waals surface area contributed by atoms with Crippen molar-refractivity contribution in [3.05, 3.63) is 79.9 Å². The lowest BCUT2D eigenvalue weighted by molar-refractivity contribution is -0.394. The van der Waals surface area contributed by atoms with E-state index in [1.54, 1.807) is 30.3 Å². The van der Waals surface area contributed by atoms with Crippen molar-refractivity contribution < 1.29 is 14.6 Å². The summed E-state index contributed by atoms with van der Waals surface area (Å²) in [7, 11) is 0. The maximum absolute atomic E-state index is 12.0. The van der Waals surface area contributed by atoms with Crippen LogP contribution in [0.25, 0.3) is 0 Å². The second-order valence-corrected chi connectivity index (χ2v) is 4.56. The van der Waals surface area contributed by atoms with E-state index in [1.165, 1.54) is 0 Å². The number of nitro benzene ring substituents is 2. The Morgan fingerprint density at radius 2 is 1.50 bits per heavy atom. The van der Waals surface area contributed by atoms with Crippen LogP contribution in [0.4, 0.5) is 11.4 Å². The van der Waals surface area contributed by atoms with E-state index in [0.29, 0.717) is 5.56 Å². The zero-order chi connectivity index (χ0) is 17.7. The number of non-ortho nitro benzene ring substituents is 2. The molecule has 0 fully saturated rings. The van der Waals surface area contributed by atoms with E-state index in [2.05, 4.69) is 10.5 Å². The van der Waals surface area contributed by atoms with Crippen LogP contribution in [0.2, 0.25) is 0 Å². The number of hydrogen-bond acceptors (Lipinski definition) is 6. The fourth-order valence-corrected chi connectivity index (χ4v) is 1.79. The number of hydrogen-bond donors (Lipinski definition) is 2. The van der Waals surface area contributed by atoms with Crippen LogP contribution in [0.15, 0.2) is 53.6 Å². The van der Waals surface area contributed by atoms with E-state index >= 15 is 0 Å². The third-order valence-corrected chi connectivity index (χ3v) is 2.93. The van der Waals surface area contributed by atoms with Crippen LogP contribution in [0.3, 0.4) is 0 Å². The van der Waals surface area contributed by atoms with Gasteiger partial charge in [-0.2, -0.15) is 5.10 Å². The van der Waals surface area contributed by atoms with Gasteiger partial charge in [-0.05, 0) is 0 Å². The summed E-state index contributed by atoms with van der Waals surface area (Å²) in [5.41, 5.74) is 6.94. The van der Waals surface area contributed by atoms with Crippen LogP contribution in [-0.4, -0.2) is 21.6 Å². The normalized spacial score (nSPS) is 10.9. The third kappa shape index (κ3) is 3.88. The molecule has 0 saturated carbocycles. The number of carbonyl (C=O) groups is 1. The smallest absolute Gasteiger partial charge is 0.277 e. The van der Waals surface area contributed by atoms with Gasteiger partial charge in [0.15, 0.2) is 5.84 Å². The van der Waals surface area contributed by atoms with Gasteiger partial charge in [0.1, 0.15) is 0 Å². The van der Waals surface area contributed by atoms with Crippen molar-refractivity contribution in [1.29, 1.82) is 0 Å². The van der Waals surface area contributed by atoms with Crippen LogP contribution in [0, 0.1) is 20.2 Å². The Bertz CT molecular complexity index is 802. The lowest BCUT2D eigenvalue weighted by atomic mass is 10.1. The van der Waals surface area contributed by atoms with E-state index < -0.39 is 27.1 Å². The molecule has 10 heteroatoms. The number of rotatable bonds is 5. The second-order valence-electron chi connectivity index (χ2n) is 4.56. The molecule has 0 bridgehead atoms. The van der Waals surface area contributed by atoms with Gasteiger partial charge in [0, 0.05) is 17.7 Å². The number of amidine groups is 1. The maximum Gasteiger partial charge on any atom is 0.277 e. The first-order valence-corrected chi connectivity index (χ1v) is 6.51. The second kappa shape index (κ2) is 6.96. The van der Waals surface area contributed by atoms with Gasteiger partial charge >= 0.3 is 0 Å². The molecule has 2 aromatic rings. The molecule has 10 nitrogen and oxygen atoms in total. The van der Waals surface area contributed by atoms with Crippen molar-refractivity contribution in [1.82, 2.24) is 5.43 Å². The van der Waals surface area contributed by atoms with Gasteiger partial charge in [0.05, 0.1) is 21.5 Å². The van der Waals surface area contributed by atoms with Crippen molar-refractivity contribution in [2.24, 2.45) is 10.8 Å². The van der Waals surface area contributed by atoms with Crippen LogP contribution in [0.1, 0.15) is 15.9 Å². The SMILES string of the molecule is N/C(=N\NC(=O)c1cc([N+](=O)[O-])cc([N+](=O)[O-])c1)c1ccccc1. The van der Waals surface area contributed by atoms with Crippen LogP contribution >= 0.6 is 0 Å². The summed E-state index contributed by atoms with van der Waals surface area (Å²) in [6.45, 7) is 0. The molecule has 2 aromatic carbocycles. The van der Waals surface area contributed by atoms with Gasteiger partial charge in [-0.15, -0.1) is 0 Å². The lowest BCUT2D eigenvalue weighted by Crippen LogP contribution is -2.24. The van der Waals surface area contributed by atoms with Gasteiger partial charge < -0.3 is 5.73 Å². The molecule has 0 unspecified atom stereocenters. The Morgan fingerprint density at radius 3 is 2.00 bits per heavy atom. The van der Waals surface area contributed by atoms with E-state index in [4.69, 9.17) is 5.73 Å². The molecule has 122 valence electrons. The quantitative estimate of drug-likeness (QED) is 0.367. The van der Waals surface area contributed by atoms with Gasteiger partial charge in [0.25, 0.3) is 17.3 Å². The maximum atomic E-state index is 12.0. The Labute approximate surface area is 134 Å². The molecule has 3 N–H and O–H groups in total. The zero-order valence-electron chi connectivity index (χ0n) is 12.1. The molecule has 0 heterocycles. The Morgan fingerprint density at radius 1 is 0.958 bits per heavy atom. The van der Waals surface area contributed by atoms with E-state index in [-0.39, 0.29) is 11.4 Å². The minimum Gasteiger partial charge on any atom is -0.382 e.